The zero-order chi connectivity index (χ0) is 11.8. The second-order valence-electron chi connectivity index (χ2n) is 4.21. The molecule has 1 unspecified atom stereocenters. The minimum absolute atomic E-state index is 0.628. The van der Waals surface area contributed by atoms with E-state index >= 15 is 0 Å². The molecule has 1 aliphatic rings. The van der Waals surface area contributed by atoms with Crippen LogP contribution in [0.25, 0.3) is 5.76 Å². The highest BCUT2D eigenvalue weighted by atomic mass is 16.5. The Balaban J connectivity index is 2.61. The molecular formula is C14H18O2. The average molecular weight is 218 g/mol. The van der Waals surface area contributed by atoms with Crippen LogP contribution in [0.3, 0.4) is 0 Å². The van der Waals surface area contributed by atoms with E-state index in [0.29, 0.717) is 6.61 Å². The fourth-order valence-electron chi connectivity index (χ4n) is 2.47. The first-order chi connectivity index (χ1) is 7.62. The van der Waals surface area contributed by atoms with Crippen molar-refractivity contribution in [3.8, 4) is 0 Å². The molecule has 1 N–H and O–H groups in total. The summed E-state index contributed by atoms with van der Waals surface area (Å²) in [7, 11) is 0. The third-order valence-electron chi connectivity index (χ3n) is 3.20. The Hall–Kier alpha value is -1.28. The van der Waals surface area contributed by atoms with Crippen LogP contribution in [0.4, 0.5) is 0 Å². The molecule has 0 amide bonds. The number of hydrogen-bond donors (Lipinski definition) is 1. The maximum Gasteiger partial charge on any atom is 0.129 e. The molecule has 0 radical (unpaired) electrons. The summed E-state index contributed by atoms with van der Waals surface area (Å²) < 4.78 is 5.69. The molecular weight excluding hydrogens is 200 g/mol. The zero-order valence-corrected chi connectivity index (χ0v) is 10.1. The van der Waals surface area contributed by atoms with E-state index in [1.807, 2.05) is 38.1 Å². The minimum Gasteiger partial charge on any atom is -0.493 e. The van der Waals surface area contributed by atoms with Gasteiger partial charge in [0.1, 0.15) is 11.4 Å². The molecule has 0 spiro atoms. The van der Waals surface area contributed by atoms with Crippen molar-refractivity contribution in [1.82, 2.24) is 0 Å². The van der Waals surface area contributed by atoms with Crippen molar-refractivity contribution in [3.63, 3.8) is 0 Å². The van der Waals surface area contributed by atoms with E-state index in [4.69, 9.17) is 4.74 Å². The lowest BCUT2D eigenvalue weighted by molar-refractivity contribution is 0.0968. The van der Waals surface area contributed by atoms with Gasteiger partial charge in [0.25, 0.3) is 0 Å². The Bertz CT molecular complexity index is 430. The van der Waals surface area contributed by atoms with Gasteiger partial charge < -0.3 is 9.84 Å². The fraction of sp³-hybridized carbons (Fsp3) is 0.429. The summed E-state index contributed by atoms with van der Waals surface area (Å²) >= 11 is 0. The van der Waals surface area contributed by atoms with E-state index in [9.17, 15) is 5.11 Å². The molecule has 0 aliphatic heterocycles. The van der Waals surface area contributed by atoms with Gasteiger partial charge in [-0.05, 0) is 25.8 Å². The smallest absolute Gasteiger partial charge is 0.129 e. The summed E-state index contributed by atoms with van der Waals surface area (Å²) in [6.45, 7) is 6.49. The van der Waals surface area contributed by atoms with Crippen LogP contribution in [-0.2, 0) is 10.3 Å². The van der Waals surface area contributed by atoms with Gasteiger partial charge in [0.15, 0.2) is 0 Å². The van der Waals surface area contributed by atoms with Crippen LogP contribution < -0.4 is 0 Å². The Kier molecular flexibility index (Phi) is 2.76. The molecule has 2 nitrogen and oxygen atoms in total. The summed E-state index contributed by atoms with van der Waals surface area (Å²) in [5, 5.41) is 10.6. The fourth-order valence-corrected chi connectivity index (χ4v) is 2.47. The van der Waals surface area contributed by atoms with Crippen molar-refractivity contribution >= 4 is 5.76 Å². The standard InChI is InChI=1S/C14H18O2/c1-4-11-13(16-5-2)10-8-6-7-9-12(10)14(11,3)15/h6-9,15H,4-5H2,1-3H3. The van der Waals surface area contributed by atoms with Crippen molar-refractivity contribution in [2.24, 2.45) is 0 Å². The highest BCUT2D eigenvalue weighted by molar-refractivity contribution is 5.75. The Morgan fingerprint density at radius 1 is 1.25 bits per heavy atom. The molecule has 2 heteroatoms. The maximum absolute atomic E-state index is 10.6. The number of hydrogen-bond acceptors (Lipinski definition) is 2. The van der Waals surface area contributed by atoms with Crippen molar-refractivity contribution in [3.05, 3.63) is 41.0 Å². The van der Waals surface area contributed by atoms with E-state index in [1.165, 1.54) is 0 Å². The third kappa shape index (κ3) is 1.45. The van der Waals surface area contributed by atoms with Crippen LogP contribution in [0.15, 0.2) is 29.8 Å². The van der Waals surface area contributed by atoms with Gasteiger partial charge in [-0.2, -0.15) is 0 Å². The molecule has 0 saturated carbocycles. The van der Waals surface area contributed by atoms with E-state index < -0.39 is 5.60 Å². The van der Waals surface area contributed by atoms with Gasteiger partial charge in [-0.25, -0.2) is 0 Å². The van der Waals surface area contributed by atoms with Crippen LogP contribution in [0.2, 0.25) is 0 Å². The first-order valence-corrected chi connectivity index (χ1v) is 5.81. The van der Waals surface area contributed by atoms with Gasteiger partial charge >= 0.3 is 0 Å². The maximum atomic E-state index is 10.6. The highest BCUT2D eigenvalue weighted by Crippen LogP contribution is 2.46. The molecule has 0 heterocycles. The lowest BCUT2D eigenvalue weighted by Crippen LogP contribution is -2.20. The van der Waals surface area contributed by atoms with E-state index in [0.717, 1.165) is 28.9 Å². The van der Waals surface area contributed by atoms with Crippen LogP contribution in [0, 0.1) is 0 Å². The topological polar surface area (TPSA) is 29.5 Å². The summed E-state index contributed by atoms with van der Waals surface area (Å²) in [5.74, 6) is 0.866. The molecule has 1 atom stereocenters. The number of rotatable bonds is 3. The molecule has 0 saturated heterocycles. The van der Waals surface area contributed by atoms with Crippen molar-refractivity contribution in [2.45, 2.75) is 32.8 Å². The molecule has 16 heavy (non-hydrogen) atoms. The molecule has 1 aliphatic carbocycles. The summed E-state index contributed by atoms with van der Waals surface area (Å²) in [5.41, 5.74) is 2.09. The second kappa shape index (κ2) is 3.95. The predicted octanol–water partition coefficient (Wildman–Crippen LogP) is 3.07. The van der Waals surface area contributed by atoms with Gasteiger partial charge in [0.05, 0.1) is 6.61 Å². The quantitative estimate of drug-likeness (QED) is 0.844. The SMILES string of the molecule is CCOC1=C(CC)C(C)(O)c2ccccc21. The van der Waals surface area contributed by atoms with Crippen molar-refractivity contribution in [1.29, 1.82) is 0 Å². The van der Waals surface area contributed by atoms with Gasteiger partial charge in [-0.3, -0.25) is 0 Å². The molecule has 0 aromatic heterocycles. The van der Waals surface area contributed by atoms with Gasteiger partial charge in [0, 0.05) is 11.1 Å². The zero-order valence-electron chi connectivity index (χ0n) is 10.1. The van der Waals surface area contributed by atoms with Crippen LogP contribution in [0.1, 0.15) is 38.3 Å². The van der Waals surface area contributed by atoms with E-state index in [1.54, 1.807) is 0 Å². The molecule has 86 valence electrons. The summed E-state index contributed by atoms with van der Waals surface area (Å²) in [6, 6.07) is 7.91. The van der Waals surface area contributed by atoms with Crippen molar-refractivity contribution in [2.75, 3.05) is 6.61 Å². The molecule has 0 bridgehead atoms. The number of fused-ring (bicyclic) bond motifs is 1. The summed E-state index contributed by atoms with van der Waals surface area (Å²) in [6.07, 6.45) is 0.803. The van der Waals surface area contributed by atoms with Crippen LogP contribution >= 0.6 is 0 Å². The van der Waals surface area contributed by atoms with Crippen LogP contribution in [0.5, 0.6) is 0 Å². The van der Waals surface area contributed by atoms with Gasteiger partial charge in [0.2, 0.25) is 0 Å². The number of aliphatic hydroxyl groups is 1. The van der Waals surface area contributed by atoms with E-state index in [2.05, 4.69) is 6.92 Å². The second-order valence-corrected chi connectivity index (χ2v) is 4.21. The highest BCUT2D eigenvalue weighted by Gasteiger charge is 2.39. The average Bonchev–Trinajstić information content (AvgIpc) is 2.49. The summed E-state index contributed by atoms with van der Waals surface area (Å²) in [4.78, 5) is 0. The lowest BCUT2D eigenvalue weighted by Gasteiger charge is -2.21. The molecule has 1 aromatic rings. The first-order valence-electron chi connectivity index (χ1n) is 5.81. The molecule has 2 rings (SSSR count). The first kappa shape index (κ1) is 11.2. The normalized spacial score (nSPS) is 23.5. The number of benzene rings is 1. The Morgan fingerprint density at radius 3 is 2.56 bits per heavy atom. The van der Waals surface area contributed by atoms with Crippen LogP contribution in [-0.4, -0.2) is 11.7 Å². The minimum atomic E-state index is -0.879. The molecule has 1 aromatic carbocycles. The third-order valence-corrected chi connectivity index (χ3v) is 3.20. The Morgan fingerprint density at radius 2 is 1.94 bits per heavy atom. The van der Waals surface area contributed by atoms with Gasteiger partial charge in [-0.1, -0.05) is 31.2 Å². The van der Waals surface area contributed by atoms with Crippen molar-refractivity contribution < 1.29 is 9.84 Å². The lowest BCUT2D eigenvalue weighted by atomic mass is 9.91. The molecule has 0 fully saturated rings. The van der Waals surface area contributed by atoms with Gasteiger partial charge in [-0.15, -0.1) is 0 Å². The predicted molar refractivity (Wildman–Crippen MR) is 64.8 cm³/mol. The van der Waals surface area contributed by atoms with E-state index in [-0.39, 0.29) is 0 Å². The monoisotopic (exact) mass is 218 g/mol. The Labute approximate surface area is 96.6 Å². The number of ether oxygens (including phenoxy) is 1. The largest absolute Gasteiger partial charge is 0.493 e.